The average Bonchev–Trinajstić information content (AvgIpc) is 3.26. The molecular weight excluding hydrogens is 361 g/mol. The molecule has 2 aromatic rings. The smallest absolute Gasteiger partial charge is 0.162 e. The van der Waals surface area contributed by atoms with Crippen molar-refractivity contribution in [3.63, 3.8) is 0 Å². The van der Waals surface area contributed by atoms with E-state index in [1.54, 1.807) is 0 Å². The fourth-order valence-electron chi connectivity index (χ4n) is 2.44. The number of benzene rings is 1. The van der Waals surface area contributed by atoms with E-state index in [1.165, 1.54) is 18.4 Å². The van der Waals surface area contributed by atoms with Crippen LogP contribution < -0.4 is 5.73 Å². The van der Waals surface area contributed by atoms with Gasteiger partial charge in [0, 0.05) is 5.56 Å². The molecule has 0 aliphatic heterocycles. The lowest BCUT2D eigenvalue weighted by Crippen LogP contribution is -2.07. The number of aromatic nitrogens is 2. The summed E-state index contributed by atoms with van der Waals surface area (Å²) < 4.78 is 0.977. The van der Waals surface area contributed by atoms with Crippen LogP contribution in [0.15, 0.2) is 24.3 Å². The van der Waals surface area contributed by atoms with E-state index >= 15 is 0 Å². The van der Waals surface area contributed by atoms with Gasteiger partial charge in [0.2, 0.25) is 0 Å². The SMILES string of the molecule is CC(C)c1nc(-c2ccccc2C2CC2)nc(N)c1I. The molecule has 0 saturated heterocycles. The van der Waals surface area contributed by atoms with Gasteiger partial charge in [0.15, 0.2) is 5.82 Å². The van der Waals surface area contributed by atoms with Crippen LogP contribution in [0.2, 0.25) is 0 Å². The number of anilines is 1. The molecule has 0 bridgehead atoms. The predicted molar refractivity (Wildman–Crippen MR) is 90.7 cm³/mol. The van der Waals surface area contributed by atoms with Crippen LogP contribution in [-0.2, 0) is 0 Å². The van der Waals surface area contributed by atoms with Crippen molar-refractivity contribution in [3.8, 4) is 11.4 Å². The largest absolute Gasteiger partial charge is 0.383 e. The van der Waals surface area contributed by atoms with Crippen molar-refractivity contribution >= 4 is 28.4 Å². The molecule has 2 N–H and O–H groups in total. The molecule has 1 aliphatic rings. The molecule has 1 heterocycles. The van der Waals surface area contributed by atoms with Crippen molar-refractivity contribution in [2.24, 2.45) is 0 Å². The maximum absolute atomic E-state index is 6.08. The highest BCUT2D eigenvalue weighted by Gasteiger charge is 2.27. The lowest BCUT2D eigenvalue weighted by Gasteiger charge is -2.13. The van der Waals surface area contributed by atoms with Crippen molar-refractivity contribution in [1.82, 2.24) is 9.97 Å². The number of nitrogen functional groups attached to an aromatic ring is 1. The van der Waals surface area contributed by atoms with Gasteiger partial charge in [-0.2, -0.15) is 0 Å². The Morgan fingerprint density at radius 3 is 2.55 bits per heavy atom. The van der Waals surface area contributed by atoms with Crippen LogP contribution in [-0.4, -0.2) is 9.97 Å². The summed E-state index contributed by atoms with van der Waals surface area (Å²) in [6, 6.07) is 8.45. The molecule has 1 aliphatic carbocycles. The maximum atomic E-state index is 6.08. The molecular formula is C16H18IN3. The van der Waals surface area contributed by atoms with E-state index in [2.05, 4.69) is 59.6 Å². The van der Waals surface area contributed by atoms with Gasteiger partial charge in [-0.15, -0.1) is 0 Å². The van der Waals surface area contributed by atoms with Gasteiger partial charge < -0.3 is 5.73 Å². The Balaban J connectivity index is 2.15. The van der Waals surface area contributed by atoms with Gasteiger partial charge in [0.1, 0.15) is 5.82 Å². The van der Waals surface area contributed by atoms with Gasteiger partial charge in [-0.25, -0.2) is 9.97 Å². The highest BCUT2D eigenvalue weighted by molar-refractivity contribution is 14.1. The van der Waals surface area contributed by atoms with Gasteiger partial charge >= 0.3 is 0 Å². The Morgan fingerprint density at radius 1 is 1.20 bits per heavy atom. The van der Waals surface area contributed by atoms with E-state index < -0.39 is 0 Å². The van der Waals surface area contributed by atoms with E-state index in [1.807, 2.05) is 6.07 Å². The first-order valence-corrected chi connectivity index (χ1v) is 8.08. The van der Waals surface area contributed by atoms with Crippen molar-refractivity contribution in [3.05, 3.63) is 39.1 Å². The second-order valence-corrected chi connectivity index (χ2v) is 6.73. The second kappa shape index (κ2) is 5.31. The van der Waals surface area contributed by atoms with Crippen LogP contribution in [0.3, 0.4) is 0 Å². The number of rotatable bonds is 3. The minimum atomic E-state index is 0.346. The predicted octanol–water partition coefficient (Wildman–Crippen LogP) is 4.33. The molecule has 0 radical (unpaired) electrons. The molecule has 0 amide bonds. The summed E-state index contributed by atoms with van der Waals surface area (Å²) in [5.41, 5.74) is 9.62. The van der Waals surface area contributed by atoms with Gasteiger partial charge in [-0.1, -0.05) is 38.1 Å². The quantitative estimate of drug-likeness (QED) is 0.808. The normalized spacial score (nSPS) is 14.8. The number of hydrogen-bond acceptors (Lipinski definition) is 3. The standard InChI is InChI=1S/C16H18IN3/c1-9(2)14-13(17)15(18)20-16(19-14)12-6-4-3-5-11(12)10-7-8-10/h3-6,9-10H,7-8H2,1-2H3,(H2,18,19,20). The van der Waals surface area contributed by atoms with Crippen molar-refractivity contribution < 1.29 is 0 Å². The number of nitrogens with zero attached hydrogens (tertiary/aromatic N) is 2. The molecule has 0 atom stereocenters. The number of halogens is 1. The highest BCUT2D eigenvalue weighted by atomic mass is 127. The van der Waals surface area contributed by atoms with Crippen LogP contribution in [0.4, 0.5) is 5.82 Å². The van der Waals surface area contributed by atoms with Crippen molar-refractivity contribution in [2.45, 2.75) is 38.5 Å². The number of hydrogen-bond donors (Lipinski definition) is 1. The lowest BCUT2D eigenvalue weighted by molar-refractivity contribution is 0.810. The van der Waals surface area contributed by atoms with E-state index in [0.717, 1.165) is 20.7 Å². The first-order valence-electron chi connectivity index (χ1n) is 7.00. The molecule has 3 rings (SSSR count). The van der Waals surface area contributed by atoms with E-state index in [4.69, 9.17) is 10.7 Å². The van der Waals surface area contributed by atoms with Crippen LogP contribution in [0.5, 0.6) is 0 Å². The Bertz CT molecular complexity index is 648. The summed E-state index contributed by atoms with van der Waals surface area (Å²) in [7, 11) is 0. The Morgan fingerprint density at radius 2 is 1.90 bits per heavy atom. The number of nitrogens with two attached hydrogens (primary N) is 1. The van der Waals surface area contributed by atoms with E-state index in [-0.39, 0.29) is 0 Å². The van der Waals surface area contributed by atoms with Crippen molar-refractivity contribution in [1.29, 1.82) is 0 Å². The molecule has 0 unspecified atom stereocenters. The summed E-state index contributed by atoms with van der Waals surface area (Å²) in [5, 5.41) is 0. The average molecular weight is 379 g/mol. The minimum Gasteiger partial charge on any atom is -0.383 e. The molecule has 4 heteroatoms. The minimum absolute atomic E-state index is 0.346. The summed E-state index contributed by atoms with van der Waals surface area (Å²) in [5.74, 6) is 2.39. The molecule has 1 fully saturated rings. The topological polar surface area (TPSA) is 51.8 Å². The molecule has 20 heavy (non-hydrogen) atoms. The van der Waals surface area contributed by atoms with Gasteiger partial charge in [0.05, 0.1) is 9.26 Å². The van der Waals surface area contributed by atoms with Crippen LogP contribution >= 0.6 is 22.6 Å². The zero-order valence-electron chi connectivity index (χ0n) is 11.7. The van der Waals surface area contributed by atoms with Crippen LogP contribution in [0.25, 0.3) is 11.4 Å². The zero-order chi connectivity index (χ0) is 14.3. The maximum Gasteiger partial charge on any atom is 0.162 e. The molecule has 1 saturated carbocycles. The van der Waals surface area contributed by atoms with Gasteiger partial charge in [0.25, 0.3) is 0 Å². The molecule has 3 nitrogen and oxygen atoms in total. The Labute approximate surface area is 133 Å². The van der Waals surface area contributed by atoms with Crippen LogP contribution in [0, 0.1) is 3.57 Å². The third kappa shape index (κ3) is 2.53. The van der Waals surface area contributed by atoms with Crippen molar-refractivity contribution in [2.75, 3.05) is 5.73 Å². The van der Waals surface area contributed by atoms with Gasteiger partial charge in [-0.3, -0.25) is 0 Å². The van der Waals surface area contributed by atoms with Gasteiger partial charge in [-0.05, 0) is 52.8 Å². The Kier molecular flexibility index (Phi) is 3.67. The molecule has 1 aromatic carbocycles. The third-order valence-electron chi connectivity index (χ3n) is 3.67. The first kappa shape index (κ1) is 13.8. The second-order valence-electron chi connectivity index (χ2n) is 5.65. The van der Waals surface area contributed by atoms with E-state index in [9.17, 15) is 0 Å². The third-order valence-corrected chi connectivity index (χ3v) is 4.77. The summed E-state index contributed by atoms with van der Waals surface area (Å²) in [6.07, 6.45) is 2.54. The first-order chi connectivity index (χ1) is 9.58. The summed E-state index contributed by atoms with van der Waals surface area (Å²) in [6.45, 7) is 4.28. The molecule has 1 aromatic heterocycles. The van der Waals surface area contributed by atoms with E-state index in [0.29, 0.717) is 17.7 Å². The Hall–Kier alpha value is -1.17. The summed E-state index contributed by atoms with van der Waals surface area (Å²) in [4.78, 5) is 9.29. The zero-order valence-corrected chi connectivity index (χ0v) is 13.9. The lowest BCUT2D eigenvalue weighted by atomic mass is 10.0. The molecule has 104 valence electrons. The summed E-state index contributed by atoms with van der Waals surface area (Å²) >= 11 is 2.24. The highest BCUT2D eigenvalue weighted by Crippen LogP contribution is 2.44. The monoisotopic (exact) mass is 379 g/mol. The molecule has 0 spiro atoms. The van der Waals surface area contributed by atoms with Crippen LogP contribution in [0.1, 0.15) is 49.8 Å². The fraction of sp³-hybridized carbons (Fsp3) is 0.375. The fourth-order valence-corrected chi connectivity index (χ4v) is 3.30.